The van der Waals surface area contributed by atoms with Crippen LogP contribution in [0.3, 0.4) is 0 Å². The average Bonchev–Trinajstić information content (AvgIpc) is 2.81. The zero-order valence-corrected chi connectivity index (χ0v) is 13.6. The summed E-state index contributed by atoms with van der Waals surface area (Å²) in [4.78, 5) is 17.5. The van der Waals surface area contributed by atoms with E-state index >= 15 is 0 Å². The number of aromatic nitrogens is 2. The van der Waals surface area contributed by atoms with Crippen LogP contribution in [0.5, 0.6) is 0 Å². The van der Waals surface area contributed by atoms with E-state index in [1.165, 1.54) is 11.1 Å². The summed E-state index contributed by atoms with van der Waals surface area (Å²) in [5.41, 5.74) is 4.38. The predicted octanol–water partition coefficient (Wildman–Crippen LogP) is 0.692. The van der Waals surface area contributed by atoms with E-state index in [2.05, 4.69) is 36.3 Å². The van der Waals surface area contributed by atoms with Crippen LogP contribution in [0.25, 0.3) is 11.0 Å². The van der Waals surface area contributed by atoms with Crippen molar-refractivity contribution in [3.63, 3.8) is 0 Å². The van der Waals surface area contributed by atoms with Crippen molar-refractivity contribution in [2.45, 2.75) is 26.5 Å². The van der Waals surface area contributed by atoms with Crippen molar-refractivity contribution in [3.05, 3.63) is 29.6 Å². The molecule has 1 heterocycles. The lowest BCUT2D eigenvalue weighted by molar-refractivity contribution is -0.121. The second-order valence-corrected chi connectivity index (χ2v) is 5.85. The summed E-state index contributed by atoms with van der Waals surface area (Å²) in [7, 11) is 3.42. The third kappa shape index (κ3) is 3.84. The topological polar surface area (TPSA) is 70.4 Å². The number of imidazole rings is 1. The first kappa shape index (κ1) is 16.5. The van der Waals surface area contributed by atoms with Gasteiger partial charge < -0.3 is 15.0 Å². The van der Waals surface area contributed by atoms with Crippen LogP contribution < -0.4 is 5.32 Å². The summed E-state index contributed by atoms with van der Waals surface area (Å²) in [5, 5.41) is 12.8. The molecule has 0 aliphatic heterocycles. The molecule has 22 heavy (non-hydrogen) atoms. The van der Waals surface area contributed by atoms with Crippen LogP contribution in [-0.2, 0) is 11.3 Å². The molecule has 0 fully saturated rings. The monoisotopic (exact) mass is 304 g/mol. The molecule has 1 atom stereocenters. The molecule has 0 spiro atoms. The van der Waals surface area contributed by atoms with Gasteiger partial charge in [0, 0.05) is 13.6 Å². The van der Waals surface area contributed by atoms with Crippen molar-refractivity contribution in [1.82, 2.24) is 19.8 Å². The number of carbonyl (C=O) groups is 1. The first-order chi connectivity index (χ1) is 10.4. The Hall–Kier alpha value is -1.92. The number of aliphatic hydroxyl groups excluding tert-OH is 1. The van der Waals surface area contributed by atoms with E-state index in [1.54, 1.807) is 18.3 Å². The van der Waals surface area contributed by atoms with Gasteiger partial charge in [-0.3, -0.25) is 9.69 Å². The van der Waals surface area contributed by atoms with Crippen molar-refractivity contribution in [3.8, 4) is 0 Å². The van der Waals surface area contributed by atoms with Crippen molar-refractivity contribution in [2.75, 3.05) is 27.2 Å². The second kappa shape index (κ2) is 6.89. The fraction of sp³-hybridized carbons (Fsp3) is 0.500. The zero-order valence-electron chi connectivity index (χ0n) is 13.6. The van der Waals surface area contributed by atoms with Crippen LogP contribution in [0.2, 0.25) is 0 Å². The molecule has 120 valence electrons. The number of aryl methyl sites for hydroxylation is 2. The number of nitrogens with one attached hydrogen (secondary N) is 1. The fourth-order valence-corrected chi connectivity index (χ4v) is 2.49. The molecule has 0 saturated carbocycles. The van der Waals surface area contributed by atoms with Crippen LogP contribution in [0, 0.1) is 13.8 Å². The Kier molecular flexibility index (Phi) is 5.15. The minimum atomic E-state index is -0.561. The quantitative estimate of drug-likeness (QED) is 0.824. The molecule has 0 unspecified atom stereocenters. The van der Waals surface area contributed by atoms with Gasteiger partial charge in [0.1, 0.15) is 0 Å². The van der Waals surface area contributed by atoms with Gasteiger partial charge in [-0.1, -0.05) is 0 Å². The number of benzene rings is 1. The molecule has 2 aromatic rings. The average molecular weight is 304 g/mol. The maximum atomic E-state index is 11.3. The molecule has 1 amide bonds. The molecular weight excluding hydrogens is 280 g/mol. The van der Waals surface area contributed by atoms with Gasteiger partial charge in [0.2, 0.25) is 5.91 Å². The molecule has 0 aliphatic carbocycles. The normalized spacial score (nSPS) is 12.8. The number of aliphatic hydroxyl groups is 1. The van der Waals surface area contributed by atoms with Crippen LogP contribution in [0.4, 0.5) is 0 Å². The summed E-state index contributed by atoms with van der Waals surface area (Å²) >= 11 is 0. The van der Waals surface area contributed by atoms with Crippen LogP contribution >= 0.6 is 0 Å². The predicted molar refractivity (Wildman–Crippen MR) is 86.8 cm³/mol. The Balaban J connectivity index is 2.04. The van der Waals surface area contributed by atoms with Crippen molar-refractivity contribution in [1.29, 1.82) is 0 Å². The Morgan fingerprint density at radius 2 is 2.09 bits per heavy atom. The van der Waals surface area contributed by atoms with E-state index in [9.17, 15) is 9.90 Å². The SMILES string of the molecule is CNC(=O)CN(C)C[C@H](O)Cn1cnc2cc(C)c(C)cc21. The molecular formula is C16H24N4O2. The van der Waals surface area contributed by atoms with Crippen LogP contribution in [0.15, 0.2) is 18.5 Å². The molecule has 0 aliphatic rings. The van der Waals surface area contributed by atoms with E-state index < -0.39 is 6.10 Å². The number of amides is 1. The van der Waals surface area contributed by atoms with Gasteiger partial charge in [0.15, 0.2) is 0 Å². The maximum Gasteiger partial charge on any atom is 0.233 e. The van der Waals surface area contributed by atoms with Crippen molar-refractivity contribution in [2.24, 2.45) is 0 Å². The lowest BCUT2D eigenvalue weighted by atomic mass is 10.1. The van der Waals surface area contributed by atoms with E-state index in [0.29, 0.717) is 13.1 Å². The molecule has 2 rings (SSSR count). The van der Waals surface area contributed by atoms with Gasteiger partial charge >= 0.3 is 0 Å². The van der Waals surface area contributed by atoms with Gasteiger partial charge in [-0.05, 0) is 44.2 Å². The van der Waals surface area contributed by atoms with Gasteiger partial charge in [-0.25, -0.2) is 4.98 Å². The molecule has 6 nitrogen and oxygen atoms in total. The van der Waals surface area contributed by atoms with Crippen LogP contribution in [-0.4, -0.2) is 58.8 Å². The summed E-state index contributed by atoms with van der Waals surface area (Å²) in [6.07, 6.45) is 1.19. The number of likely N-dealkylation sites (N-methyl/N-ethyl adjacent to an activating group) is 2. The summed E-state index contributed by atoms with van der Waals surface area (Å²) in [6.45, 7) is 5.29. The molecule has 6 heteroatoms. The van der Waals surface area contributed by atoms with Crippen molar-refractivity contribution >= 4 is 16.9 Å². The summed E-state index contributed by atoms with van der Waals surface area (Å²) < 4.78 is 1.96. The lowest BCUT2D eigenvalue weighted by Gasteiger charge is -2.20. The standard InChI is InChI=1S/C16H24N4O2/c1-11-5-14-15(6-12(11)2)20(10-18-14)8-13(21)7-19(4)9-16(22)17-3/h5-6,10,13,21H,7-9H2,1-4H3,(H,17,22)/t13-/m0/s1. The first-order valence-corrected chi connectivity index (χ1v) is 7.40. The summed E-state index contributed by atoms with van der Waals surface area (Å²) in [6, 6.07) is 4.16. The number of carbonyl (C=O) groups excluding carboxylic acids is 1. The minimum Gasteiger partial charge on any atom is -0.390 e. The number of hydrogen-bond acceptors (Lipinski definition) is 4. The molecule has 1 aromatic carbocycles. The second-order valence-electron chi connectivity index (χ2n) is 5.85. The highest BCUT2D eigenvalue weighted by Gasteiger charge is 2.13. The van der Waals surface area contributed by atoms with Gasteiger partial charge in [-0.15, -0.1) is 0 Å². The van der Waals surface area contributed by atoms with E-state index in [4.69, 9.17) is 0 Å². The van der Waals surface area contributed by atoms with Gasteiger partial charge in [0.25, 0.3) is 0 Å². The highest BCUT2D eigenvalue weighted by Crippen LogP contribution is 2.18. The van der Waals surface area contributed by atoms with E-state index in [1.807, 2.05) is 11.6 Å². The Bertz CT molecular complexity index is 665. The molecule has 0 radical (unpaired) electrons. The highest BCUT2D eigenvalue weighted by atomic mass is 16.3. The zero-order chi connectivity index (χ0) is 16.3. The highest BCUT2D eigenvalue weighted by molar-refractivity contribution is 5.78. The molecule has 0 bridgehead atoms. The number of fused-ring (bicyclic) bond motifs is 1. The van der Waals surface area contributed by atoms with Gasteiger partial charge in [0.05, 0.1) is 36.6 Å². The van der Waals surface area contributed by atoms with Gasteiger partial charge in [-0.2, -0.15) is 0 Å². The molecule has 1 aromatic heterocycles. The number of rotatable bonds is 6. The number of hydrogen-bond donors (Lipinski definition) is 2. The Labute approximate surface area is 130 Å². The van der Waals surface area contributed by atoms with E-state index in [0.717, 1.165) is 11.0 Å². The summed E-state index contributed by atoms with van der Waals surface area (Å²) in [5.74, 6) is -0.0612. The van der Waals surface area contributed by atoms with Crippen molar-refractivity contribution < 1.29 is 9.90 Å². The Morgan fingerprint density at radius 3 is 2.77 bits per heavy atom. The fourth-order valence-electron chi connectivity index (χ4n) is 2.49. The smallest absolute Gasteiger partial charge is 0.233 e. The van der Waals surface area contributed by atoms with Crippen LogP contribution in [0.1, 0.15) is 11.1 Å². The first-order valence-electron chi connectivity index (χ1n) is 7.40. The number of nitrogens with zero attached hydrogens (tertiary/aromatic N) is 3. The molecule has 2 N–H and O–H groups in total. The lowest BCUT2D eigenvalue weighted by Crippen LogP contribution is -2.38. The third-order valence-corrected chi connectivity index (χ3v) is 3.86. The maximum absolute atomic E-state index is 11.3. The Morgan fingerprint density at radius 1 is 1.41 bits per heavy atom. The largest absolute Gasteiger partial charge is 0.390 e. The minimum absolute atomic E-state index is 0.0612. The molecule has 0 saturated heterocycles. The third-order valence-electron chi connectivity index (χ3n) is 3.86. The van der Waals surface area contributed by atoms with E-state index in [-0.39, 0.29) is 12.5 Å².